The monoisotopic (exact) mass is 300 g/mol. The van der Waals surface area contributed by atoms with E-state index in [1.165, 1.54) is 12.1 Å². The second-order valence-electron chi connectivity index (χ2n) is 3.74. The highest BCUT2D eigenvalue weighted by molar-refractivity contribution is 6.37. The lowest BCUT2D eigenvalue weighted by Gasteiger charge is -2.08. The van der Waals surface area contributed by atoms with Crippen LogP contribution in [0.5, 0.6) is 0 Å². The van der Waals surface area contributed by atoms with Gasteiger partial charge in [-0.25, -0.2) is 14.4 Å². The van der Waals surface area contributed by atoms with Crippen LogP contribution in [0.4, 0.5) is 4.39 Å². The molecule has 0 radical (unpaired) electrons. The van der Waals surface area contributed by atoms with Gasteiger partial charge < -0.3 is 4.74 Å². The van der Waals surface area contributed by atoms with Crippen molar-refractivity contribution in [2.24, 2.45) is 0 Å². The molecule has 0 aliphatic carbocycles. The Labute approximate surface area is 120 Å². The molecule has 0 aliphatic rings. The van der Waals surface area contributed by atoms with Gasteiger partial charge in [0, 0.05) is 6.61 Å². The molecular formula is C13H11Cl2FN2O. The highest BCUT2D eigenvalue weighted by Crippen LogP contribution is 2.32. The van der Waals surface area contributed by atoms with Gasteiger partial charge in [-0.1, -0.05) is 35.3 Å². The standard InChI is InChI=1S/C13H11Cl2FN2O/c1-2-19-7-10-17-12(14)11(13(15)18-10)8-3-5-9(16)6-4-8/h3-6H,2,7H2,1H3. The Hall–Kier alpha value is -1.23. The molecule has 0 aliphatic heterocycles. The summed E-state index contributed by atoms with van der Waals surface area (Å²) in [5.41, 5.74) is 1.16. The second-order valence-corrected chi connectivity index (χ2v) is 4.46. The molecule has 0 saturated heterocycles. The average molecular weight is 301 g/mol. The van der Waals surface area contributed by atoms with Gasteiger partial charge in [0.2, 0.25) is 0 Å². The van der Waals surface area contributed by atoms with Crippen LogP contribution < -0.4 is 0 Å². The first-order valence-electron chi connectivity index (χ1n) is 5.67. The number of benzene rings is 1. The highest BCUT2D eigenvalue weighted by Gasteiger charge is 2.13. The maximum Gasteiger partial charge on any atom is 0.157 e. The lowest BCUT2D eigenvalue weighted by atomic mass is 10.1. The van der Waals surface area contributed by atoms with Gasteiger partial charge in [-0.05, 0) is 24.6 Å². The van der Waals surface area contributed by atoms with Crippen molar-refractivity contribution in [2.75, 3.05) is 6.61 Å². The van der Waals surface area contributed by atoms with Crippen LogP contribution in [-0.4, -0.2) is 16.6 Å². The van der Waals surface area contributed by atoms with E-state index in [9.17, 15) is 4.39 Å². The molecule has 0 N–H and O–H groups in total. The number of ether oxygens (including phenoxy) is 1. The fourth-order valence-corrected chi connectivity index (χ4v) is 2.20. The predicted molar refractivity (Wildman–Crippen MR) is 72.8 cm³/mol. The molecule has 0 amide bonds. The van der Waals surface area contributed by atoms with Crippen LogP contribution in [0.3, 0.4) is 0 Å². The van der Waals surface area contributed by atoms with Crippen LogP contribution in [0, 0.1) is 5.82 Å². The molecule has 19 heavy (non-hydrogen) atoms. The molecule has 100 valence electrons. The Morgan fingerprint density at radius 3 is 2.21 bits per heavy atom. The molecular weight excluding hydrogens is 290 g/mol. The molecule has 0 saturated carbocycles. The van der Waals surface area contributed by atoms with E-state index in [4.69, 9.17) is 27.9 Å². The molecule has 0 unspecified atom stereocenters. The van der Waals surface area contributed by atoms with Crippen LogP contribution in [0.25, 0.3) is 11.1 Å². The maximum absolute atomic E-state index is 12.9. The van der Waals surface area contributed by atoms with Crippen LogP contribution in [0.15, 0.2) is 24.3 Å². The molecule has 0 bridgehead atoms. The van der Waals surface area contributed by atoms with E-state index in [2.05, 4.69) is 9.97 Å². The van der Waals surface area contributed by atoms with Crippen LogP contribution >= 0.6 is 23.2 Å². The summed E-state index contributed by atoms with van der Waals surface area (Å²) in [5.74, 6) is 0.0904. The van der Waals surface area contributed by atoms with Gasteiger partial charge >= 0.3 is 0 Å². The summed E-state index contributed by atoms with van der Waals surface area (Å²) >= 11 is 12.2. The van der Waals surface area contributed by atoms with Crippen molar-refractivity contribution in [1.29, 1.82) is 0 Å². The normalized spacial score (nSPS) is 10.7. The van der Waals surface area contributed by atoms with Crippen molar-refractivity contribution in [3.63, 3.8) is 0 Å². The average Bonchev–Trinajstić information content (AvgIpc) is 2.38. The molecule has 1 aromatic heterocycles. The van der Waals surface area contributed by atoms with Gasteiger partial charge in [-0.2, -0.15) is 0 Å². The summed E-state index contributed by atoms with van der Waals surface area (Å²) in [6.45, 7) is 2.67. The third-order valence-electron chi connectivity index (χ3n) is 2.44. The highest BCUT2D eigenvalue weighted by atomic mass is 35.5. The summed E-state index contributed by atoms with van der Waals surface area (Å²) in [5, 5.41) is 0.447. The third kappa shape index (κ3) is 3.41. The van der Waals surface area contributed by atoms with E-state index in [0.29, 0.717) is 23.6 Å². The van der Waals surface area contributed by atoms with E-state index >= 15 is 0 Å². The first kappa shape index (κ1) is 14.2. The van der Waals surface area contributed by atoms with Gasteiger partial charge in [-0.3, -0.25) is 0 Å². The number of rotatable bonds is 4. The number of aromatic nitrogens is 2. The Kier molecular flexibility index (Phi) is 4.69. The first-order chi connectivity index (χ1) is 9.11. The van der Waals surface area contributed by atoms with Crippen LogP contribution in [0.2, 0.25) is 10.3 Å². The smallest absolute Gasteiger partial charge is 0.157 e. The molecule has 6 heteroatoms. The minimum Gasteiger partial charge on any atom is -0.374 e. The van der Waals surface area contributed by atoms with Gasteiger partial charge in [0.15, 0.2) is 5.82 Å². The SMILES string of the molecule is CCOCc1nc(Cl)c(-c2ccc(F)cc2)c(Cl)n1. The van der Waals surface area contributed by atoms with E-state index in [-0.39, 0.29) is 22.7 Å². The molecule has 1 aromatic carbocycles. The summed E-state index contributed by atoms with van der Waals surface area (Å²) in [6.07, 6.45) is 0. The lowest BCUT2D eigenvalue weighted by Crippen LogP contribution is -2.01. The Morgan fingerprint density at radius 2 is 1.68 bits per heavy atom. The number of hydrogen-bond donors (Lipinski definition) is 0. The number of halogens is 3. The largest absolute Gasteiger partial charge is 0.374 e. The topological polar surface area (TPSA) is 35.0 Å². The van der Waals surface area contributed by atoms with Crippen molar-refractivity contribution in [3.8, 4) is 11.1 Å². The third-order valence-corrected chi connectivity index (χ3v) is 2.98. The summed E-state index contributed by atoms with van der Waals surface area (Å²) in [4.78, 5) is 8.24. The number of nitrogens with zero attached hydrogens (tertiary/aromatic N) is 2. The molecule has 2 aromatic rings. The molecule has 3 nitrogen and oxygen atoms in total. The quantitative estimate of drug-likeness (QED) is 0.797. The van der Waals surface area contributed by atoms with Crippen LogP contribution in [-0.2, 0) is 11.3 Å². The molecule has 2 rings (SSSR count). The van der Waals surface area contributed by atoms with E-state index < -0.39 is 0 Å². The summed E-state index contributed by atoms with van der Waals surface area (Å²) < 4.78 is 18.1. The zero-order valence-electron chi connectivity index (χ0n) is 10.2. The van der Waals surface area contributed by atoms with Gasteiger partial charge in [0.25, 0.3) is 0 Å². The number of hydrogen-bond acceptors (Lipinski definition) is 3. The van der Waals surface area contributed by atoms with Crippen molar-refractivity contribution in [1.82, 2.24) is 9.97 Å². The van der Waals surface area contributed by atoms with E-state index in [1.54, 1.807) is 12.1 Å². The minimum atomic E-state index is -0.329. The maximum atomic E-state index is 12.9. The van der Waals surface area contributed by atoms with Crippen molar-refractivity contribution in [3.05, 3.63) is 46.2 Å². The molecule has 0 atom stereocenters. The van der Waals surface area contributed by atoms with Gasteiger partial charge in [0.05, 0.1) is 5.56 Å². The Balaban J connectivity index is 2.38. The fourth-order valence-electron chi connectivity index (χ4n) is 1.56. The summed E-state index contributed by atoms with van der Waals surface area (Å²) in [6, 6.07) is 5.81. The molecule has 0 spiro atoms. The Bertz CT molecular complexity index is 552. The van der Waals surface area contributed by atoms with Gasteiger partial charge in [0.1, 0.15) is 22.7 Å². The first-order valence-corrected chi connectivity index (χ1v) is 6.43. The molecule has 1 heterocycles. The van der Waals surface area contributed by atoms with Crippen LogP contribution in [0.1, 0.15) is 12.7 Å². The van der Waals surface area contributed by atoms with E-state index in [1.807, 2.05) is 6.92 Å². The molecule has 0 fully saturated rings. The van der Waals surface area contributed by atoms with Crippen molar-refractivity contribution >= 4 is 23.2 Å². The Morgan fingerprint density at radius 1 is 1.11 bits per heavy atom. The zero-order valence-corrected chi connectivity index (χ0v) is 11.7. The zero-order chi connectivity index (χ0) is 13.8. The fraction of sp³-hybridized carbons (Fsp3) is 0.231. The second kappa shape index (κ2) is 6.28. The van der Waals surface area contributed by atoms with Crippen molar-refractivity contribution in [2.45, 2.75) is 13.5 Å². The predicted octanol–water partition coefficient (Wildman–Crippen LogP) is 4.13. The lowest BCUT2D eigenvalue weighted by molar-refractivity contribution is 0.128. The van der Waals surface area contributed by atoms with E-state index in [0.717, 1.165) is 0 Å². The van der Waals surface area contributed by atoms with Crippen molar-refractivity contribution < 1.29 is 9.13 Å². The van der Waals surface area contributed by atoms with Gasteiger partial charge in [-0.15, -0.1) is 0 Å². The summed E-state index contributed by atoms with van der Waals surface area (Å²) in [7, 11) is 0. The minimum absolute atomic E-state index is 0.223.